The molecule has 1 aromatic carbocycles. The van der Waals surface area contributed by atoms with Crippen molar-refractivity contribution in [2.24, 2.45) is 0 Å². The Morgan fingerprint density at radius 3 is 2.88 bits per heavy atom. The van der Waals surface area contributed by atoms with Crippen molar-refractivity contribution >= 4 is 33.4 Å². The fourth-order valence-electron chi connectivity index (χ4n) is 4.70. The van der Waals surface area contributed by atoms with E-state index in [1.165, 1.54) is 24.2 Å². The van der Waals surface area contributed by atoms with Crippen LogP contribution in [0.4, 0.5) is 5.82 Å². The number of hydrogen-bond acceptors (Lipinski definition) is 7. The minimum atomic E-state index is -0.133. The number of ether oxygens (including phenoxy) is 2. The number of methoxy groups -OCH3 is 1. The fourth-order valence-corrected chi connectivity index (χ4v) is 5.57. The van der Waals surface area contributed by atoms with E-state index in [2.05, 4.69) is 20.4 Å². The lowest BCUT2D eigenvalue weighted by Crippen LogP contribution is -2.24. The first-order chi connectivity index (χ1) is 16.2. The first-order valence-corrected chi connectivity index (χ1v) is 12.0. The monoisotopic (exact) mass is 461 g/mol. The smallest absolute Gasteiger partial charge is 0.226 e. The molecule has 1 fully saturated rings. The van der Waals surface area contributed by atoms with Crippen molar-refractivity contribution < 1.29 is 14.3 Å². The maximum absolute atomic E-state index is 12.7. The number of rotatable bonds is 5. The highest BCUT2D eigenvalue weighted by Crippen LogP contribution is 2.42. The summed E-state index contributed by atoms with van der Waals surface area (Å²) in [6.45, 7) is 0. The summed E-state index contributed by atoms with van der Waals surface area (Å²) in [5.41, 5.74) is 2.77. The summed E-state index contributed by atoms with van der Waals surface area (Å²) in [5.74, 6) is 1.92. The average Bonchev–Trinajstić information content (AvgIpc) is 3.57. The van der Waals surface area contributed by atoms with Gasteiger partial charge in [-0.1, -0.05) is 17.4 Å². The van der Waals surface area contributed by atoms with Gasteiger partial charge in [-0.25, -0.2) is 9.97 Å². The highest BCUT2D eigenvalue weighted by molar-refractivity contribution is 7.20. The molecule has 0 bridgehead atoms. The Bertz CT molecular complexity index is 1310. The number of thiazole rings is 1. The molecule has 0 spiro atoms. The number of pyridine rings is 1. The number of carbonyl (C=O) groups is 1. The number of hydrogen-bond donors (Lipinski definition) is 1. The van der Waals surface area contributed by atoms with Crippen LogP contribution in [0, 0.1) is 0 Å². The van der Waals surface area contributed by atoms with E-state index in [0.717, 1.165) is 40.1 Å². The molecule has 8 nitrogen and oxygen atoms in total. The quantitative estimate of drug-likeness (QED) is 0.464. The third kappa shape index (κ3) is 3.62. The summed E-state index contributed by atoms with van der Waals surface area (Å²) in [6, 6.07) is 9.73. The van der Waals surface area contributed by atoms with Gasteiger partial charge >= 0.3 is 0 Å². The topological polar surface area (TPSA) is 91.2 Å². The molecule has 1 amide bonds. The summed E-state index contributed by atoms with van der Waals surface area (Å²) in [7, 11) is 1.65. The predicted octanol–water partition coefficient (Wildman–Crippen LogP) is 4.68. The lowest BCUT2D eigenvalue weighted by Gasteiger charge is -2.24. The van der Waals surface area contributed by atoms with Gasteiger partial charge in [0.25, 0.3) is 0 Å². The summed E-state index contributed by atoms with van der Waals surface area (Å²) >= 11 is 1.44. The Morgan fingerprint density at radius 1 is 1.18 bits per heavy atom. The molecule has 4 aromatic rings. The number of nitrogens with one attached hydrogen (secondary N) is 1. The van der Waals surface area contributed by atoms with E-state index in [4.69, 9.17) is 9.47 Å². The number of benzene rings is 1. The molecule has 3 aromatic heterocycles. The van der Waals surface area contributed by atoms with Crippen LogP contribution in [0.5, 0.6) is 11.5 Å². The van der Waals surface area contributed by atoms with Gasteiger partial charge < -0.3 is 14.8 Å². The second-order valence-corrected chi connectivity index (χ2v) is 9.38. The lowest BCUT2D eigenvalue weighted by atomic mass is 9.87. The second kappa shape index (κ2) is 8.15. The number of anilines is 1. The molecule has 1 atom stereocenters. The number of aromatic nitrogens is 4. The van der Waals surface area contributed by atoms with Crippen molar-refractivity contribution in [1.82, 2.24) is 19.7 Å². The first-order valence-electron chi connectivity index (χ1n) is 11.1. The van der Waals surface area contributed by atoms with Crippen molar-refractivity contribution in [2.75, 3.05) is 12.4 Å². The van der Waals surface area contributed by atoms with Gasteiger partial charge in [0.05, 0.1) is 19.4 Å². The third-order valence-corrected chi connectivity index (χ3v) is 7.30. The van der Waals surface area contributed by atoms with Gasteiger partial charge in [0.2, 0.25) is 11.0 Å². The van der Waals surface area contributed by atoms with Gasteiger partial charge in [0.1, 0.15) is 16.2 Å². The molecule has 1 aliphatic heterocycles. The Hall–Kier alpha value is -3.46. The van der Waals surface area contributed by atoms with Crippen molar-refractivity contribution in [2.45, 2.75) is 44.1 Å². The third-order valence-electron chi connectivity index (χ3n) is 6.34. The summed E-state index contributed by atoms with van der Waals surface area (Å²) < 4.78 is 13.5. The SMILES string of the molecule is COc1ccc(C2CC(=O)Nc3c2cnn3-c2nc3cccnc3s2)cc1OC1CCCC1. The average molecular weight is 462 g/mol. The molecule has 4 heterocycles. The molecule has 1 unspecified atom stereocenters. The zero-order valence-electron chi connectivity index (χ0n) is 18.2. The highest BCUT2D eigenvalue weighted by atomic mass is 32.1. The van der Waals surface area contributed by atoms with Gasteiger partial charge in [-0.05, 0) is 55.5 Å². The van der Waals surface area contributed by atoms with Crippen molar-refractivity contribution in [3.63, 3.8) is 0 Å². The second-order valence-electron chi connectivity index (χ2n) is 8.42. The Kier molecular flexibility index (Phi) is 4.98. The van der Waals surface area contributed by atoms with Crippen LogP contribution in [-0.2, 0) is 4.79 Å². The van der Waals surface area contributed by atoms with Gasteiger partial charge in [-0.2, -0.15) is 9.78 Å². The molecule has 0 saturated heterocycles. The van der Waals surface area contributed by atoms with Crippen LogP contribution in [0.15, 0.2) is 42.7 Å². The highest BCUT2D eigenvalue weighted by Gasteiger charge is 2.32. The molecule has 1 aliphatic carbocycles. The fraction of sp³-hybridized carbons (Fsp3) is 0.333. The summed E-state index contributed by atoms with van der Waals surface area (Å²) in [4.78, 5) is 22.6. The molecule has 9 heteroatoms. The van der Waals surface area contributed by atoms with Gasteiger partial charge in [0.15, 0.2) is 11.5 Å². The number of carbonyl (C=O) groups excluding carboxylic acids is 1. The number of amides is 1. The van der Waals surface area contributed by atoms with Gasteiger partial charge in [-0.15, -0.1) is 0 Å². The minimum Gasteiger partial charge on any atom is -0.493 e. The van der Waals surface area contributed by atoms with Crippen LogP contribution in [0.2, 0.25) is 0 Å². The lowest BCUT2D eigenvalue weighted by molar-refractivity contribution is -0.116. The van der Waals surface area contributed by atoms with E-state index < -0.39 is 0 Å². The molecule has 1 saturated carbocycles. The molecular weight excluding hydrogens is 438 g/mol. The first kappa shape index (κ1) is 20.2. The van der Waals surface area contributed by atoms with E-state index in [0.29, 0.717) is 23.1 Å². The van der Waals surface area contributed by atoms with E-state index in [1.54, 1.807) is 18.0 Å². The zero-order chi connectivity index (χ0) is 22.4. The van der Waals surface area contributed by atoms with E-state index in [1.807, 2.05) is 36.5 Å². The van der Waals surface area contributed by atoms with E-state index in [-0.39, 0.29) is 17.9 Å². The summed E-state index contributed by atoms with van der Waals surface area (Å²) in [6.07, 6.45) is 8.64. The Labute approximate surface area is 194 Å². The van der Waals surface area contributed by atoms with Crippen molar-refractivity contribution in [3.05, 3.63) is 53.9 Å². The molecule has 168 valence electrons. The zero-order valence-corrected chi connectivity index (χ0v) is 19.0. The molecule has 33 heavy (non-hydrogen) atoms. The Morgan fingerprint density at radius 2 is 2.06 bits per heavy atom. The standard InChI is InChI=1S/C24H23N5O3S/c1-31-19-9-8-14(11-20(19)32-15-5-2-3-6-15)16-12-21(30)28-22-17(16)13-26-29(22)24-27-18-7-4-10-25-23(18)33-24/h4,7-11,13,15-16H,2-3,5-6,12H2,1H3,(H,28,30). The molecule has 6 rings (SSSR count). The predicted molar refractivity (Wildman–Crippen MR) is 126 cm³/mol. The largest absolute Gasteiger partial charge is 0.493 e. The van der Waals surface area contributed by atoms with Crippen LogP contribution in [0.25, 0.3) is 15.5 Å². The van der Waals surface area contributed by atoms with Crippen molar-refractivity contribution in [1.29, 1.82) is 0 Å². The van der Waals surface area contributed by atoms with E-state index >= 15 is 0 Å². The van der Waals surface area contributed by atoms with Crippen molar-refractivity contribution in [3.8, 4) is 16.6 Å². The minimum absolute atomic E-state index is 0.0532. The van der Waals surface area contributed by atoms with Crippen LogP contribution in [-0.4, -0.2) is 38.9 Å². The van der Waals surface area contributed by atoms with Gasteiger partial charge in [0, 0.05) is 24.1 Å². The molecule has 2 aliphatic rings. The van der Waals surface area contributed by atoms with Crippen LogP contribution >= 0.6 is 11.3 Å². The molecular formula is C24H23N5O3S. The van der Waals surface area contributed by atoms with Crippen LogP contribution in [0.1, 0.15) is 49.1 Å². The molecule has 0 radical (unpaired) electrons. The maximum Gasteiger partial charge on any atom is 0.226 e. The maximum atomic E-state index is 12.7. The number of nitrogens with zero attached hydrogens (tertiary/aromatic N) is 4. The van der Waals surface area contributed by atoms with Crippen LogP contribution < -0.4 is 14.8 Å². The van der Waals surface area contributed by atoms with E-state index in [9.17, 15) is 4.79 Å². The van der Waals surface area contributed by atoms with Gasteiger partial charge in [-0.3, -0.25) is 4.79 Å². The number of fused-ring (bicyclic) bond motifs is 2. The summed E-state index contributed by atoms with van der Waals surface area (Å²) in [5, 5.41) is 8.25. The van der Waals surface area contributed by atoms with Crippen LogP contribution in [0.3, 0.4) is 0 Å². The Balaban J connectivity index is 1.38. The normalized spacial score (nSPS) is 18.3. The molecule has 1 N–H and O–H groups in total.